The van der Waals surface area contributed by atoms with Crippen molar-refractivity contribution < 1.29 is 0 Å². The van der Waals surface area contributed by atoms with Crippen molar-refractivity contribution in [2.75, 3.05) is 6.54 Å². The van der Waals surface area contributed by atoms with Crippen molar-refractivity contribution in [1.82, 2.24) is 5.32 Å². The summed E-state index contributed by atoms with van der Waals surface area (Å²) < 4.78 is 0.742. The lowest BCUT2D eigenvalue weighted by molar-refractivity contribution is 0.702. The van der Waals surface area contributed by atoms with E-state index in [0.29, 0.717) is 0 Å². The van der Waals surface area contributed by atoms with Crippen LogP contribution in [0.25, 0.3) is 0 Å². The zero-order chi connectivity index (χ0) is 8.39. The average Bonchev–Trinajstić information content (AvgIpc) is 2.25. The highest BCUT2D eigenvalue weighted by Crippen LogP contribution is 2.17. The molecule has 1 nitrogen and oxygen atoms in total. The first-order chi connectivity index (χ1) is 5.86. The lowest BCUT2D eigenvalue weighted by Crippen LogP contribution is -2.19. The number of fused-ring (bicyclic) bond motifs is 1. The highest BCUT2D eigenvalue weighted by molar-refractivity contribution is 14.1. The number of rotatable bonds is 0. The summed E-state index contributed by atoms with van der Waals surface area (Å²) in [5, 5.41) is 3.45. The highest BCUT2D eigenvalue weighted by Gasteiger charge is 2.12. The Morgan fingerprint density at radius 2 is 2.00 bits per heavy atom. The Morgan fingerprint density at radius 3 is 2.83 bits per heavy atom. The average molecular weight is 273 g/mol. The minimum Gasteiger partial charge on any atom is -0.312 e. The Balaban J connectivity index is 2.31. The standard InChI is InChI=1S/C10H12IN/c11-10-5-8-3-1-2-4-9(8)6-12-7-10/h1-4,10,12H,5-7H2. The molecule has 0 saturated heterocycles. The molecule has 2 rings (SSSR count). The van der Waals surface area contributed by atoms with Crippen LogP contribution in [0.15, 0.2) is 24.3 Å². The monoisotopic (exact) mass is 273 g/mol. The summed E-state index contributed by atoms with van der Waals surface area (Å²) in [6.45, 7) is 2.17. The van der Waals surface area contributed by atoms with E-state index in [1.807, 2.05) is 0 Å². The Kier molecular flexibility index (Phi) is 2.66. The maximum atomic E-state index is 3.45. The lowest BCUT2D eigenvalue weighted by atomic mass is 10.0. The molecular formula is C10H12IN. The summed E-state index contributed by atoms with van der Waals surface area (Å²) in [7, 11) is 0. The molecule has 0 aromatic heterocycles. The minimum absolute atomic E-state index is 0.742. The van der Waals surface area contributed by atoms with Gasteiger partial charge in [-0.25, -0.2) is 0 Å². The summed E-state index contributed by atoms with van der Waals surface area (Å²) in [6.07, 6.45) is 1.21. The largest absolute Gasteiger partial charge is 0.312 e. The van der Waals surface area contributed by atoms with Crippen LogP contribution in [0.1, 0.15) is 11.1 Å². The van der Waals surface area contributed by atoms with Gasteiger partial charge in [0.2, 0.25) is 0 Å². The molecule has 0 radical (unpaired) electrons. The number of halogens is 1. The predicted molar refractivity (Wildman–Crippen MR) is 59.7 cm³/mol. The molecule has 1 N–H and O–H groups in total. The fourth-order valence-corrected chi connectivity index (χ4v) is 2.39. The second kappa shape index (κ2) is 3.75. The van der Waals surface area contributed by atoms with Gasteiger partial charge in [0.25, 0.3) is 0 Å². The van der Waals surface area contributed by atoms with Crippen LogP contribution in [0.4, 0.5) is 0 Å². The Morgan fingerprint density at radius 1 is 1.25 bits per heavy atom. The number of benzene rings is 1. The molecule has 1 aromatic carbocycles. The van der Waals surface area contributed by atoms with E-state index in [0.717, 1.165) is 17.0 Å². The number of alkyl halides is 1. The molecule has 0 bridgehead atoms. The predicted octanol–water partition coefficient (Wildman–Crippen LogP) is 2.14. The number of hydrogen-bond acceptors (Lipinski definition) is 1. The molecule has 64 valence electrons. The molecule has 1 heterocycles. The molecule has 0 aliphatic carbocycles. The maximum Gasteiger partial charge on any atom is 0.0275 e. The van der Waals surface area contributed by atoms with E-state index in [-0.39, 0.29) is 0 Å². The van der Waals surface area contributed by atoms with E-state index < -0.39 is 0 Å². The van der Waals surface area contributed by atoms with Crippen molar-refractivity contribution in [3.8, 4) is 0 Å². The molecule has 0 amide bonds. The van der Waals surface area contributed by atoms with Crippen LogP contribution in [0.5, 0.6) is 0 Å². The van der Waals surface area contributed by atoms with Gasteiger partial charge >= 0.3 is 0 Å². The fraction of sp³-hybridized carbons (Fsp3) is 0.400. The highest BCUT2D eigenvalue weighted by atomic mass is 127. The van der Waals surface area contributed by atoms with E-state index in [4.69, 9.17) is 0 Å². The van der Waals surface area contributed by atoms with E-state index in [1.165, 1.54) is 17.5 Å². The third-order valence-corrected chi connectivity index (χ3v) is 3.12. The van der Waals surface area contributed by atoms with E-state index >= 15 is 0 Å². The SMILES string of the molecule is IC1CNCc2ccccc2C1. The van der Waals surface area contributed by atoms with Crippen LogP contribution in [0.2, 0.25) is 0 Å². The summed E-state index contributed by atoms with van der Waals surface area (Å²) in [5.74, 6) is 0. The molecule has 2 heteroatoms. The van der Waals surface area contributed by atoms with E-state index in [9.17, 15) is 0 Å². The topological polar surface area (TPSA) is 12.0 Å². The van der Waals surface area contributed by atoms with Gasteiger partial charge in [0.1, 0.15) is 0 Å². The first-order valence-corrected chi connectivity index (χ1v) is 5.52. The number of hydrogen-bond donors (Lipinski definition) is 1. The van der Waals surface area contributed by atoms with Crippen molar-refractivity contribution in [2.45, 2.75) is 16.9 Å². The number of nitrogens with one attached hydrogen (secondary N) is 1. The van der Waals surface area contributed by atoms with Crippen molar-refractivity contribution in [1.29, 1.82) is 0 Å². The van der Waals surface area contributed by atoms with E-state index in [1.54, 1.807) is 0 Å². The second-order valence-corrected chi connectivity index (χ2v) is 4.96. The molecule has 0 spiro atoms. The van der Waals surface area contributed by atoms with Gasteiger partial charge < -0.3 is 5.32 Å². The normalized spacial score (nSPS) is 22.9. The van der Waals surface area contributed by atoms with Crippen LogP contribution in [-0.4, -0.2) is 10.5 Å². The summed E-state index contributed by atoms with van der Waals surface area (Å²) in [6, 6.07) is 8.71. The van der Waals surface area contributed by atoms with Crippen LogP contribution in [0.3, 0.4) is 0 Å². The van der Waals surface area contributed by atoms with Gasteiger partial charge in [-0.05, 0) is 17.5 Å². The van der Waals surface area contributed by atoms with Crippen molar-refractivity contribution in [3.05, 3.63) is 35.4 Å². The molecule has 0 saturated carbocycles. The second-order valence-electron chi connectivity index (χ2n) is 3.20. The van der Waals surface area contributed by atoms with Crippen LogP contribution < -0.4 is 5.32 Å². The summed E-state index contributed by atoms with van der Waals surface area (Å²) >= 11 is 2.52. The van der Waals surface area contributed by atoms with Gasteiger partial charge in [-0.3, -0.25) is 0 Å². The molecule has 1 aromatic rings. The van der Waals surface area contributed by atoms with Gasteiger partial charge in [0.15, 0.2) is 0 Å². The van der Waals surface area contributed by atoms with Crippen molar-refractivity contribution in [2.24, 2.45) is 0 Å². The minimum atomic E-state index is 0.742. The van der Waals surface area contributed by atoms with Crippen LogP contribution in [0, 0.1) is 0 Å². The van der Waals surface area contributed by atoms with Gasteiger partial charge in [-0.15, -0.1) is 0 Å². The molecular weight excluding hydrogens is 261 g/mol. The zero-order valence-corrected chi connectivity index (χ0v) is 9.04. The Bertz CT molecular complexity index is 272. The maximum absolute atomic E-state index is 3.45. The van der Waals surface area contributed by atoms with Crippen molar-refractivity contribution in [3.63, 3.8) is 0 Å². The zero-order valence-electron chi connectivity index (χ0n) is 6.89. The molecule has 1 aliphatic heterocycles. The van der Waals surface area contributed by atoms with Crippen molar-refractivity contribution >= 4 is 22.6 Å². The molecule has 1 unspecified atom stereocenters. The first kappa shape index (κ1) is 8.51. The van der Waals surface area contributed by atoms with Gasteiger partial charge in [0, 0.05) is 17.0 Å². The third-order valence-electron chi connectivity index (χ3n) is 2.24. The van der Waals surface area contributed by atoms with Gasteiger partial charge in [-0.1, -0.05) is 46.9 Å². The lowest BCUT2D eigenvalue weighted by Gasteiger charge is -2.05. The fourth-order valence-electron chi connectivity index (χ4n) is 1.60. The molecule has 1 atom stereocenters. The van der Waals surface area contributed by atoms with Crippen LogP contribution in [-0.2, 0) is 13.0 Å². The molecule has 0 fully saturated rings. The molecule has 12 heavy (non-hydrogen) atoms. The molecule has 1 aliphatic rings. The first-order valence-electron chi connectivity index (χ1n) is 4.28. The summed E-state index contributed by atoms with van der Waals surface area (Å²) in [4.78, 5) is 0. The Hall–Kier alpha value is -0.0900. The Labute approximate surface area is 86.7 Å². The smallest absolute Gasteiger partial charge is 0.0275 e. The quantitative estimate of drug-likeness (QED) is 0.564. The summed E-state index contributed by atoms with van der Waals surface area (Å²) in [5.41, 5.74) is 2.98. The van der Waals surface area contributed by atoms with Crippen LogP contribution >= 0.6 is 22.6 Å². The van der Waals surface area contributed by atoms with Gasteiger partial charge in [-0.2, -0.15) is 0 Å². The third kappa shape index (κ3) is 1.80. The van der Waals surface area contributed by atoms with Gasteiger partial charge in [0.05, 0.1) is 0 Å². The van der Waals surface area contributed by atoms with E-state index in [2.05, 4.69) is 52.2 Å².